The van der Waals surface area contributed by atoms with Crippen molar-refractivity contribution < 1.29 is 24.2 Å². The molecular formula is C19H10Cl2NO5S2-. The number of esters is 1. The minimum absolute atomic E-state index is 0.149. The molecule has 0 spiro atoms. The van der Waals surface area contributed by atoms with Gasteiger partial charge in [0.15, 0.2) is 0 Å². The molecule has 1 aliphatic heterocycles. The number of hydrogen-bond donors (Lipinski definition) is 0. The third-order valence-electron chi connectivity index (χ3n) is 3.70. The minimum Gasteiger partial charge on any atom is -0.548 e. The van der Waals surface area contributed by atoms with E-state index >= 15 is 0 Å². The van der Waals surface area contributed by atoms with Gasteiger partial charge >= 0.3 is 5.97 Å². The van der Waals surface area contributed by atoms with Crippen LogP contribution in [-0.4, -0.2) is 33.6 Å². The standard InChI is InChI=1S/C19H11Cl2NO5S2/c20-11-3-6-13(14(21)8-11)18(26)27-12-4-1-10(2-5-12)7-15-17(25)22(9-16(23)24)19(28)29-15/h1-8H,9H2,(H,23,24)/p-1/b15-7+. The lowest BCUT2D eigenvalue weighted by Gasteiger charge is -2.14. The summed E-state index contributed by atoms with van der Waals surface area (Å²) >= 11 is 17.8. The van der Waals surface area contributed by atoms with Gasteiger partial charge in [0.05, 0.1) is 28.0 Å². The molecule has 1 saturated heterocycles. The van der Waals surface area contributed by atoms with Crippen molar-refractivity contribution in [2.45, 2.75) is 0 Å². The molecule has 3 rings (SSSR count). The Kier molecular flexibility index (Phi) is 6.59. The molecule has 0 bridgehead atoms. The number of hydrogen-bond acceptors (Lipinski definition) is 7. The van der Waals surface area contributed by atoms with Gasteiger partial charge in [-0.25, -0.2) is 4.79 Å². The molecule has 2 aromatic carbocycles. The molecular weight excluding hydrogens is 457 g/mol. The highest BCUT2D eigenvalue weighted by Gasteiger charge is 2.31. The van der Waals surface area contributed by atoms with Crippen molar-refractivity contribution in [1.82, 2.24) is 4.90 Å². The molecule has 0 aliphatic carbocycles. The molecule has 1 aliphatic rings. The number of benzene rings is 2. The van der Waals surface area contributed by atoms with Crippen LogP contribution in [0.5, 0.6) is 5.75 Å². The Hall–Kier alpha value is -2.39. The van der Waals surface area contributed by atoms with Crippen LogP contribution in [0.1, 0.15) is 15.9 Å². The first kappa shape index (κ1) is 21.3. The molecule has 0 radical (unpaired) electrons. The van der Waals surface area contributed by atoms with Crippen LogP contribution in [-0.2, 0) is 9.59 Å². The van der Waals surface area contributed by atoms with Crippen LogP contribution in [0.25, 0.3) is 6.08 Å². The van der Waals surface area contributed by atoms with Crippen molar-refractivity contribution in [3.8, 4) is 5.75 Å². The van der Waals surface area contributed by atoms with Crippen LogP contribution in [0.3, 0.4) is 0 Å². The Bertz CT molecular complexity index is 1050. The molecule has 1 amide bonds. The van der Waals surface area contributed by atoms with Gasteiger partial charge in [-0.3, -0.25) is 9.69 Å². The summed E-state index contributed by atoms with van der Waals surface area (Å²) in [5.74, 6) is -2.25. The summed E-state index contributed by atoms with van der Waals surface area (Å²) in [6.07, 6.45) is 1.57. The van der Waals surface area contributed by atoms with Gasteiger partial charge in [-0.1, -0.05) is 59.3 Å². The fourth-order valence-electron chi connectivity index (χ4n) is 2.37. The molecule has 10 heteroatoms. The number of ether oxygens (including phenoxy) is 1. The van der Waals surface area contributed by atoms with E-state index in [1.165, 1.54) is 18.2 Å². The largest absolute Gasteiger partial charge is 0.548 e. The molecule has 0 saturated carbocycles. The van der Waals surface area contributed by atoms with Crippen molar-refractivity contribution in [2.24, 2.45) is 0 Å². The summed E-state index contributed by atoms with van der Waals surface area (Å²) < 4.78 is 5.43. The van der Waals surface area contributed by atoms with E-state index in [9.17, 15) is 19.5 Å². The van der Waals surface area contributed by atoms with Crippen molar-refractivity contribution in [3.63, 3.8) is 0 Å². The lowest BCUT2D eigenvalue weighted by molar-refractivity contribution is -0.305. The fourth-order valence-corrected chi connectivity index (χ4v) is 4.11. The highest BCUT2D eigenvalue weighted by Crippen LogP contribution is 2.32. The van der Waals surface area contributed by atoms with Crippen molar-refractivity contribution >= 4 is 75.4 Å². The van der Waals surface area contributed by atoms with E-state index in [1.807, 2.05) is 0 Å². The van der Waals surface area contributed by atoms with Gasteiger partial charge in [0.25, 0.3) is 5.91 Å². The summed E-state index contributed by atoms with van der Waals surface area (Å²) in [7, 11) is 0. The van der Waals surface area contributed by atoms with Crippen LogP contribution >= 0.6 is 47.2 Å². The van der Waals surface area contributed by atoms with Gasteiger partial charge in [0.1, 0.15) is 10.1 Å². The summed E-state index contributed by atoms with van der Waals surface area (Å²) in [5, 5.41) is 11.3. The Morgan fingerprint density at radius 3 is 2.48 bits per heavy atom. The average molecular weight is 467 g/mol. The quantitative estimate of drug-likeness (QED) is 0.289. The Balaban J connectivity index is 1.71. The van der Waals surface area contributed by atoms with Gasteiger partial charge in [0, 0.05) is 5.02 Å². The summed E-state index contributed by atoms with van der Waals surface area (Å²) in [6, 6.07) is 10.8. The number of carbonyl (C=O) groups excluding carboxylic acids is 3. The normalized spacial score (nSPS) is 15.1. The predicted octanol–water partition coefficient (Wildman–Crippen LogP) is 3.16. The van der Waals surface area contributed by atoms with Gasteiger partial charge in [0.2, 0.25) is 0 Å². The number of carbonyl (C=O) groups is 3. The zero-order valence-electron chi connectivity index (χ0n) is 14.4. The number of thiocarbonyl (C=S) groups is 1. The average Bonchev–Trinajstić information content (AvgIpc) is 2.90. The second-order valence-electron chi connectivity index (χ2n) is 5.72. The molecule has 2 aromatic rings. The fraction of sp³-hybridized carbons (Fsp3) is 0.0526. The number of rotatable bonds is 5. The summed E-state index contributed by atoms with van der Waals surface area (Å²) in [6.45, 7) is -0.593. The van der Waals surface area contributed by atoms with E-state index in [0.717, 1.165) is 16.7 Å². The maximum absolute atomic E-state index is 12.2. The van der Waals surface area contributed by atoms with E-state index in [-0.39, 0.29) is 25.6 Å². The smallest absolute Gasteiger partial charge is 0.345 e. The van der Waals surface area contributed by atoms with Crippen LogP contribution < -0.4 is 9.84 Å². The first-order chi connectivity index (χ1) is 13.7. The molecule has 0 unspecified atom stereocenters. The maximum atomic E-state index is 12.2. The Morgan fingerprint density at radius 1 is 1.17 bits per heavy atom. The summed E-state index contributed by atoms with van der Waals surface area (Å²) in [4.78, 5) is 36.5. The second kappa shape index (κ2) is 8.96. The molecule has 148 valence electrons. The minimum atomic E-state index is -1.39. The highest BCUT2D eigenvalue weighted by atomic mass is 35.5. The van der Waals surface area contributed by atoms with E-state index in [2.05, 4.69) is 0 Å². The lowest BCUT2D eigenvalue weighted by Crippen LogP contribution is -2.40. The Morgan fingerprint density at radius 2 is 1.86 bits per heavy atom. The van der Waals surface area contributed by atoms with Crippen LogP contribution in [0, 0.1) is 0 Å². The van der Waals surface area contributed by atoms with E-state index in [0.29, 0.717) is 10.6 Å². The Labute approximate surface area is 185 Å². The topological polar surface area (TPSA) is 86.7 Å². The molecule has 6 nitrogen and oxygen atoms in total. The van der Waals surface area contributed by atoms with Crippen molar-refractivity contribution in [2.75, 3.05) is 6.54 Å². The van der Waals surface area contributed by atoms with Gasteiger partial charge in [-0.15, -0.1) is 0 Å². The molecule has 1 heterocycles. The molecule has 1 fully saturated rings. The van der Waals surface area contributed by atoms with Crippen molar-refractivity contribution in [1.29, 1.82) is 0 Å². The van der Waals surface area contributed by atoms with Gasteiger partial charge < -0.3 is 14.6 Å². The molecule has 0 atom stereocenters. The zero-order valence-corrected chi connectivity index (χ0v) is 17.5. The number of carboxylic acids is 1. The number of aliphatic carboxylic acids is 1. The zero-order chi connectivity index (χ0) is 21.1. The van der Waals surface area contributed by atoms with E-state index < -0.39 is 24.4 Å². The molecule has 29 heavy (non-hydrogen) atoms. The third-order valence-corrected chi connectivity index (χ3v) is 5.63. The number of halogens is 2. The van der Waals surface area contributed by atoms with Gasteiger partial charge in [-0.05, 0) is 42.0 Å². The number of thioether (sulfide) groups is 1. The first-order valence-electron chi connectivity index (χ1n) is 7.97. The molecule has 0 aromatic heterocycles. The van der Waals surface area contributed by atoms with Crippen LogP contribution in [0.2, 0.25) is 10.0 Å². The SMILES string of the molecule is O=C([O-])CN1C(=O)/C(=C\c2ccc(OC(=O)c3ccc(Cl)cc3Cl)cc2)SC1=S. The van der Waals surface area contributed by atoms with Gasteiger partial charge in [-0.2, -0.15) is 0 Å². The first-order valence-corrected chi connectivity index (χ1v) is 9.95. The lowest BCUT2D eigenvalue weighted by atomic mass is 10.2. The number of carboxylic acid groups (broad SMARTS) is 1. The summed E-state index contributed by atoms with van der Waals surface area (Å²) in [5.41, 5.74) is 0.819. The van der Waals surface area contributed by atoms with E-state index in [1.54, 1.807) is 30.3 Å². The van der Waals surface area contributed by atoms with Crippen LogP contribution in [0.15, 0.2) is 47.4 Å². The second-order valence-corrected chi connectivity index (χ2v) is 8.24. The van der Waals surface area contributed by atoms with Crippen LogP contribution in [0.4, 0.5) is 0 Å². The monoisotopic (exact) mass is 466 g/mol. The highest BCUT2D eigenvalue weighted by molar-refractivity contribution is 8.26. The van der Waals surface area contributed by atoms with Crippen molar-refractivity contribution in [3.05, 3.63) is 68.5 Å². The number of nitrogens with zero attached hydrogens (tertiary/aromatic N) is 1. The van der Waals surface area contributed by atoms with E-state index in [4.69, 9.17) is 40.2 Å². The maximum Gasteiger partial charge on any atom is 0.345 e. The predicted molar refractivity (Wildman–Crippen MR) is 113 cm³/mol. The molecule has 0 N–H and O–H groups in total. The third kappa shape index (κ3) is 5.16. The number of amides is 1.